The number of benzene rings is 1. The molecule has 1 aromatic carbocycles. The minimum Gasteiger partial charge on any atom is -0.490 e. The number of aryl methyl sites for hydroxylation is 1. The van der Waals surface area contributed by atoms with Crippen LogP contribution in [0.1, 0.15) is 24.1 Å². The van der Waals surface area contributed by atoms with E-state index in [0.29, 0.717) is 50.3 Å². The van der Waals surface area contributed by atoms with Crippen molar-refractivity contribution in [1.29, 1.82) is 0 Å². The first-order valence-corrected chi connectivity index (χ1v) is 10.4. The van der Waals surface area contributed by atoms with Gasteiger partial charge in [-0.1, -0.05) is 6.07 Å². The Bertz CT molecular complexity index is 936. The fourth-order valence-electron chi connectivity index (χ4n) is 3.66. The van der Waals surface area contributed by atoms with Crippen LogP contribution in [0.2, 0.25) is 0 Å². The molecule has 1 aromatic heterocycles. The number of aromatic nitrogens is 2. The molecular weight excluding hydrogens is 373 g/mol. The summed E-state index contributed by atoms with van der Waals surface area (Å²) in [5.74, 6) is 0.116. The summed E-state index contributed by atoms with van der Waals surface area (Å²) in [7, 11) is -2.00. The first kappa shape index (κ1) is 18.4. The van der Waals surface area contributed by atoms with E-state index in [4.69, 9.17) is 9.47 Å². The normalized spacial score (nSPS) is 19.0. The van der Waals surface area contributed by atoms with Gasteiger partial charge in [-0.2, -0.15) is 9.40 Å². The fraction of sp³-hybridized carbons (Fsp3) is 0.500. The molecule has 27 heavy (non-hydrogen) atoms. The van der Waals surface area contributed by atoms with E-state index < -0.39 is 10.0 Å². The summed E-state index contributed by atoms with van der Waals surface area (Å²) in [5, 5.41) is 4.59. The third kappa shape index (κ3) is 3.59. The van der Waals surface area contributed by atoms with E-state index in [-0.39, 0.29) is 23.6 Å². The zero-order valence-corrected chi connectivity index (χ0v) is 15.9. The predicted molar refractivity (Wildman–Crippen MR) is 95.4 cm³/mol. The lowest BCUT2D eigenvalue weighted by Crippen LogP contribution is -2.42. The van der Waals surface area contributed by atoms with E-state index >= 15 is 0 Å². The number of piperidine rings is 1. The van der Waals surface area contributed by atoms with Crippen molar-refractivity contribution in [3.63, 3.8) is 0 Å². The summed E-state index contributed by atoms with van der Waals surface area (Å²) in [4.78, 5) is 0. The van der Waals surface area contributed by atoms with Crippen LogP contribution in [0.15, 0.2) is 29.3 Å². The van der Waals surface area contributed by atoms with Crippen molar-refractivity contribution in [2.24, 2.45) is 7.05 Å². The third-order valence-electron chi connectivity index (χ3n) is 4.98. The maximum atomic E-state index is 13.3. The zero-order valence-electron chi connectivity index (χ0n) is 15.1. The maximum absolute atomic E-state index is 13.3. The smallest absolute Gasteiger partial charge is 0.260 e. The summed E-state index contributed by atoms with van der Waals surface area (Å²) in [6, 6.07) is 6.00. The second-order valence-electron chi connectivity index (χ2n) is 6.84. The Kier molecular flexibility index (Phi) is 4.92. The Balaban J connectivity index is 1.47. The second kappa shape index (κ2) is 7.21. The number of sulfonamides is 1. The Hall–Kier alpha value is -1.97. The molecule has 2 aromatic rings. The number of ether oxygens (including phenoxy) is 2. The van der Waals surface area contributed by atoms with Gasteiger partial charge in [0.2, 0.25) is 0 Å². The Morgan fingerprint density at radius 3 is 2.81 bits per heavy atom. The summed E-state index contributed by atoms with van der Waals surface area (Å²) in [6.45, 7) is 1.54. The Morgan fingerprint density at radius 1 is 1.30 bits per heavy atom. The molecule has 146 valence electrons. The van der Waals surface area contributed by atoms with E-state index in [1.807, 2.05) is 0 Å². The minimum absolute atomic E-state index is 0.137. The van der Waals surface area contributed by atoms with E-state index in [9.17, 15) is 12.8 Å². The van der Waals surface area contributed by atoms with Gasteiger partial charge in [-0.05, 0) is 25.0 Å². The van der Waals surface area contributed by atoms with Crippen LogP contribution in [0.25, 0.3) is 0 Å². The van der Waals surface area contributed by atoms with Gasteiger partial charge in [-0.15, -0.1) is 0 Å². The number of halogens is 1. The predicted octanol–water partition coefficient (Wildman–Crippen LogP) is 1.86. The summed E-state index contributed by atoms with van der Waals surface area (Å²) < 4.78 is 53.8. The van der Waals surface area contributed by atoms with Gasteiger partial charge in [0.05, 0.1) is 18.9 Å². The molecule has 0 aliphatic carbocycles. The summed E-state index contributed by atoms with van der Waals surface area (Å²) in [6.07, 6.45) is 1.59. The number of fused-ring (bicyclic) bond motifs is 1. The standard InChI is InChI=1S/C18H22FN3O4S/c1-21-18(16-12-25-10-7-17(16)20-21)27(23,24)22-8-5-14(6-9-22)26-15-4-2-3-13(19)11-15/h2-4,11,14H,5-10,12H2,1H3. The number of hydrogen-bond acceptors (Lipinski definition) is 5. The molecule has 0 unspecified atom stereocenters. The van der Waals surface area contributed by atoms with Crippen LogP contribution in [0, 0.1) is 5.82 Å². The molecule has 0 N–H and O–H groups in total. The molecule has 1 saturated heterocycles. The topological polar surface area (TPSA) is 73.7 Å². The van der Waals surface area contributed by atoms with E-state index in [1.165, 1.54) is 21.1 Å². The van der Waals surface area contributed by atoms with Crippen LogP contribution in [-0.2, 0) is 34.8 Å². The highest BCUT2D eigenvalue weighted by molar-refractivity contribution is 7.89. The van der Waals surface area contributed by atoms with Crippen LogP contribution in [-0.4, -0.2) is 48.3 Å². The SMILES string of the molecule is Cn1nc2c(c1S(=O)(=O)N1CCC(Oc3cccc(F)c3)CC1)COCC2. The van der Waals surface area contributed by atoms with Gasteiger partial charge < -0.3 is 9.47 Å². The first-order chi connectivity index (χ1) is 12.9. The quantitative estimate of drug-likeness (QED) is 0.790. The van der Waals surface area contributed by atoms with Crippen molar-refractivity contribution < 1.29 is 22.3 Å². The van der Waals surface area contributed by atoms with Crippen LogP contribution in [0.4, 0.5) is 4.39 Å². The molecule has 0 bridgehead atoms. The van der Waals surface area contributed by atoms with Crippen molar-refractivity contribution in [3.8, 4) is 5.75 Å². The van der Waals surface area contributed by atoms with E-state index in [0.717, 1.165) is 5.69 Å². The molecule has 4 rings (SSSR count). The van der Waals surface area contributed by atoms with Crippen LogP contribution in [0.3, 0.4) is 0 Å². The highest BCUT2D eigenvalue weighted by atomic mass is 32.2. The first-order valence-electron chi connectivity index (χ1n) is 9.00. The summed E-state index contributed by atoms with van der Waals surface area (Å²) in [5.41, 5.74) is 1.47. The molecule has 1 fully saturated rings. The average Bonchev–Trinajstić information content (AvgIpc) is 2.98. The van der Waals surface area contributed by atoms with Crippen molar-refractivity contribution in [1.82, 2.24) is 14.1 Å². The average molecular weight is 395 g/mol. The third-order valence-corrected chi connectivity index (χ3v) is 7.03. The monoisotopic (exact) mass is 395 g/mol. The van der Waals surface area contributed by atoms with E-state index in [1.54, 1.807) is 19.2 Å². The van der Waals surface area contributed by atoms with Gasteiger partial charge in [0, 0.05) is 38.2 Å². The van der Waals surface area contributed by atoms with Gasteiger partial charge in [0.25, 0.3) is 10.0 Å². The largest absolute Gasteiger partial charge is 0.490 e. The van der Waals surface area contributed by atoms with Crippen molar-refractivity contribution >= 4 is 10.0 Å². The molecule has 2 aliphatic heterocycles. The maximum Gasteiger partial charge on any atom is 0.260 e. The van der Waals surface area contributed by atoms with Crippen molar-refractivity contribution in [2.75, 3.05) is 19.7 Å². The fourth-order valence-corrected chi connectivity index (χ4v) is 5.46. The van der Waals surface area contributed by atoms with Gasteiger partial charge in [-0.25, -0.2) is 12.8 Å². The molecule has 0 radical (unpaired) electrons. The number of hydrogen-bond donors (Lipinski definition) is 0. The highest BCUT2D eigenvalue weighted by Gasteiger charge is 2.36. The van der Waals surface area contributed by atoms with E-state index in [2.05, 4.69) is 5.10 Å². The van der Waals surface area contributed by atoms with Crippen LogP contribution >= 0.6 is 0 Å². The van der Waals surface area contributed by atoms with Crippen LogP contribution < -0.4 is 4.74 Å². The van der Waals surface area contributed by atoms with Gasteiger partial charge in [0.1, 0.15) is 17.7 Å². The van der Waals surface area contributed by atoms with Gasteiger partial charge >= 0.3 is 0 Å². The number of nitrogens with zero attached hydrogens (tertiary/aromatic N) is 3. The molecule has 3 heterocycles. The number of rotatable bonds is 4. The van der Waals surface area contributed by atoms with Crippen molar-refractivity contribution in [3.05, 3.63) is 41.3 Å². The van der Waals surface area contributed by atoms with Gasteiger partial charge in [0.15, 0.2) is 5.03 Å². The minimum atomic E-state index is -3.66. The molecular formula is C18H22FN3O4S. The lowest BCUT2D eigenvalue weighted by Gasteiger charge is -2.31. The lowest BCUT2D eigenvalue weighted by atomic mass is 10.1. The molecule has 9 heteroatoms. The zero-order chi connectivity index (χ0) is 19.0. The molecule has 0 saturated carbocycles. The van der Waals surface area contributed by atoms with Crippen molar-refractivity contribution in [2.45, 2.75) is 37.0 Å². The Morgan fingerprint density at radius 2 is 2.07 bits per heavy atom. The molecule has 0 spiro atoms. The van der Waals surface area contributed by atoms with Gasteiger partial charge in [-0.3, -0.25) is 4.68 Å². The second-order valence-corrected chi connectivity index (χ2v) is 8.69. The Labute approximate surface area is 157 Å². The van der Waals surface area contributed by atoms with Crippen LogP contribution in [0.5, 0.6) is 5.75 Å². The molecule has 0 atom stereocenters. The summed E-state index contributed by atoms with van der Waals surface area (Å²) >= 11 is 0. The lowest BCUT2D eigenvalue weighted by molar-refractivity contribution is 0.108. The molecule has 2 aliphatic rings. The molecule has 0 amide bonds. The highest BCUT2D eigenvalue weighted by Crippen LogP contribution is 2.29. The molecule has 7 nitrogen and oxygen atoms in total.